The third-order valence-corrected chi connectivity index (χ3v) is 4.47. The number of benzene rings is 1. The fraction of sp³-hybridized carbons (Fsp3) is 0.353. The van der Waals surface area contributed by atoms with Gasteiger partial charge in [-0.2, -0.15) is 0 Å². The number of hydrogen-bond acceptors (Lipinski definition) is 5. The van der Waals surface area contributed by atoms with E-state index in [0.29, 0.717) is 11.4 Å². The number of ether oxygens (including phenoxy) is 1. The van der Waals surface area contributed by atoms with Crippen LogP contribution >= 0.6 is 11.3 Å². The number of nitrogens with one attached hydrogen (secondary N) is 1. The van der Waals surface area contributed by atoms with E-state index < -0.39 is 6.10 Å². The Bertz CT molecular complexity index is 583. The maximum absolute atomic E-state index is 11.4. The van der Waals surface area contributed by atoms with Crippen LogP contribution in [0.25, 0.3) is 0 Å². The Labute approximate surface area is 134 Å². The van der Waals surface area contributed by atoms with Crippen LogP contribution in [0.4, 0.5) is 0 Å². The van der Waals surface area contributed by atoms with Crippen molar-refractivity contribution < 1.29 is 14.6 Å². The topological polar surface area (TPSA) is 58.6 Å². The van der Waals surface area contributed by atoms with Crippen molar-refractivity contribution in [1.82, 2.24) is 5.32 Å². The first-order valence-electron chi connectivity index (χ1n) is 7.31. The number of methoxy groups -OCH3 is 1. The van der Waals surface area contributed by atoms with E-state index in [9.17, 15) is 9.90 Å². The van der Waals surface area contributed by atoms with Crippen LogP contribution in [0, 0.1) is 0 Å². The molecule has 0 fully saturated rings. The second kappa shape index (κ2) is 8.68. The van der Waals surface area contributed by atoms with Crippen molar-refractivity contribution in [3.05, 3.63) is 57.8 Å². The van der Waals surface area contributed by atoms with Crippen molar-refractivity contribution in [1.29, 1.82) is 0 Å². The summed E-state index contributed by atoms with van der Waals surface area (Å²) >= 11 is 1.48. The van der Waals surface area contributed by atoms with Gasteiger partial charge in [-0.05, 0) is 37.1 Å². The van der Waals surface area contributed by atoms with Crippen molar-refractivity contribution >= 4 is 17.3 Å². The molecule has 1 aromatic heterocycles. The van der Waals surface area contributed by atoms with Gasteiger partial charge in [-0.1, -0.05) is 30.3 Å². The van der Waals surface area contributed by atoms with Crippen molar-refractivity contribution in [3.8, 4) is 0 Å². The second-order valence-electron chi connectivity index (χ2n) is 4.99. The summed E-state index contributed by atoms with van der Waals surface area (Å²) in [6.45, 7) is 1.37. The number of carbonyl (C=O) groups is 1. The van der Waals surface area contributed by atoms with E-state index in [4.69, 9.17) is 4.74 Å². The highest BCUT2D eigenvalue weighted by Crippen LogP contribution is 2.18. The summed E-state index contributed by atoms with van der Waals surface area (Å²) in [5.41, 5.74) is 0.927. The number of carbonyl (C=O) groups excluding carboxylic acids is 1. The molecule has 0 saturated carbocycles. The summed E-state index contributed by atoms with van der Waals surface area (Å²) in [7, 11) is 1.39. The summed E-state index contributed by atoms with van der Waals surface area (Å²) in [6.07, 6.45) is 1.40. The Morgan fingerprint density at radius 2 is 2.05 bits per heavy atom. The van der Waals surface area contributed by atoms with Crippen LogP contribution < -0.4 is 5.32 Å². The molecular formula is C17H21NO3S. The largest absolute Gasteiger partial charge is 0.465 e. The summed E-state index contributed by atoms with van der Waals surface area (Å²) < 4.78 is 4.69. The van der Waals surface area contributed by atoms with Gasteiger partial charge in [0.2, 0.25) is 0 Å². The third-order valence-electron chi connectivity index (χ3n) is 3.35. The van der Waals surface area contributed by atoms with Crippen LogP contribution in [0.5, 0.6) is 0 Å². The lowest BCUT2D eigenvalue weighted by atomic mass is 10.1. The average Bonchev–Trinajstić information content (AvgIpc) is 3.03. The van der Waals surface area contributed by atoms with Crippen LogP contribution in [-0.4, -0.2) is 31.3 Å². The highest BCUT2D eigenvalue weighted by molar-refractivity contribution is 7.13. The Balaban J connectivity index is 1.65. The van der Waals surface area contributed by atoms with Gasteiger partial charge in [0.05, 0.1) is 13.2 Å². The minimum Gasteiger partial charge on any atom is -0.465 e. The summed E-state index contributed by atoms with van der Waals surface area (Å²) in [4.78, 5) is 13.2. The van der Waals surface area contributed by atoms with Crippen molar-refractivity contribution in [2.24, 2.45) is 0 Å². The van der Waals surface area contributed by atoms with Gasteiger partial charge in [-0.3, -0.25) is 0 Å². The van der Waals surface area contributed by atoms with E-state index >= 15 is 0 Å². The molecule has 1 aromatic carbocycles. The smallest absolute Gasteiger partial charge is 0.348 e. The summed E-state index contributed by atoms with van der Waals surface area (Å²) in [6, 6.07) is 13.4. The fourth-order valence-corrected chi connectivity index (χ4v) is 3.11. The molecule has 4 nitrogen and oxygen atoms in total. The predicted octanol–water partition coefficient (Wildman–Crippen LogP) is 2.79. The minimum absolute atomic E-state index is 0.277. The molecule has 0 radical (unpaired) electrons. The average molecular weight is 319 g/mol. The number of thiophene rings is 1. The van der Waals surface area contributed by atoms with Gasteiger partial charge in [-0.15, -0.1) is 11.3 Å². The van der Waals surface area contributed by atoms with E-state index in [-0.39, 0.29) is 5.97 Å². The molecule has 2 rings (SSSR count). The zero-order valence-corrected chi connectivity index (χ0v) is 13.4. The Hall–Kier alpha value is -1.69. The first-order valence-corrected chi connectivity index (χ1v) is 8.13. The van der Waals surface area contributed by atoms with Crippen molar-refractivity contribution in [2.45, 2.75) is 18.9 Å². The van der Waals surface area contributed by atoms with E-state index in [1.165, 1.54) is 23.3 Å². The molecule has 2 aromatic rings. The van der Waals surface area contributed by atoms with Gasteiger partial charge in [0, 0.05) is 11.4 Å². The van der Waals surface area contributed by atoms with Gasteiger partial charge < -0.3 is 15.2 Å². The first-order chi connectivity index (χ1) is 10.7. The molecule has 0 amide bonds. The lowest BCUT2D eigenvalue weighted by Gasteiger charge is -2.11. The molecule has 1 heterocycles. The Kier molecular flexibility index (Phi) is 6.58. The van der Waals surface area contributed by atoms with E-state index in [2.05, 4.69) is 5.32 Å². The van der Waals surface area contributed by atoms with Crippen LogP contribution in [0.15, 0.2) is 42.5 Å². The minimum atomic E-state index is -0.478. The zero-order chi connectivity index (χ0) is 15.8. The van der Waals surface area contributed by atoms with Crippen molar-refractivity contribution in [3.63, 3.8) is 0 Å². The molecule has 0 spiro atoms. The second-order valence-corrected chi connectivity index (χ2v) is 6.16. The van der Waals surface area contributed by atoms with E-state index in [1.807, 2.05) is 36.4 Å². The standard InChI is InChI=1S/C17H21NO3S/c1-21-17(20)16-10-9-14(22-16)8-5-11-18-12-15(19)13-6-3-2-4-7-13/h2-4,6-7,9-10,15,18-19H,5,8,11-12H2,1H3/t15-/m1/s1. The normalized spacial score (nSPS) is 12.1. The summed E-state index contributed by atoms with van der Waals surface area (Å²) in [5.74, 6) is -0.277. The van der Waals surface area contributed by atoms with E-state index in [0.717, 1.165) is 24.9 Å². The number of aliphatic hydroxyl groups is 1. The number of esters is 1. The Morgan fingerprint density at radius 1 is 1.27 bits per heavy atom. The molecule has 0 unspecified atom stereocenters. The van der Waals surface area contributed by atoms with Gasteiger partial charge in [0.1, 0.15) is 4.88 Å². The molecular weight excluding hydrogens is 298 g/mol. The quantitative estimate of drug-likeness (QED) is 0.580. The molecule has 0 aliphatic carbocycles. The van der Waals surface area contributed by atoms with Gasteiger partial charge in [0.15, 0.2) is 0 Å². The molecule has 0 bridgehead atoms. The number of aryl methyl sites for hydroxylation is 1. The Morgan fingerprint density at radius 3 is 2.77 bits per heavy atom. The molecule has 1 atom stereocenters. The zero-order valence-electron chi connectivity index (χ0n) is 12.6. The number of hydrogen-bond donors (Lipinski definition) is 2. The first kappa shape index (κ1) is 16.7. The predicted molar refractivity (Wildman–Crippen MR) is 88.3 cm³/mol. The van der Waals surface area contributed by atoms with Gasteiger partial charge in [-0.25, -0.2) is 4.79 Å². The van der Waals surface area contributed by atoms with Gasteiger partial charge in [0.25, 0.3) is 0 Å². The molecule has 118 valence electrons. The lowest BCUT2D eigenvalue weighted by Crippen LogP contribution is -2.22. The molecule has 0 aliphatic rings. The number of rotatable bonds is 8. The number of aliphatic hydroxyl groups excluding tert-OH is 1. The monoisotopic (exact) mass is 319 g/mol. The van der Waals surface area contributed by atoms with Crippen LogP contribution in [-0.2, 0) is 11.2 Å². The molecule has 22 heavy (non-hydrogen) atoms. The van der Waals surface area contributed by atoms with Crippen molar-refractivity contribution in [2.75, 3.05) is 20.2 Å². The van der Waals surface area contributed by atoms with Crippen LogP contribution in [0.3, 0.4) is 0 Å². The third kappa shape index (κ3) is 4.94. The van der Waals surface area contributed by atoms with Crippen LogP contribution in [0.1, 0.15) is 32.6 Å². The highest BCUT2D eigenvalue weighted by atomic mass is 32.1. The molecule has 5 heteroatoms. The molecule has 0 saturated heterocycles. The highest BCUT2D eigenvalue weighted by Gasteiger charge is 2.09. The maximum atomic E-state index is 11.4. The molecule has 0 aliphatic heterocycles. The van der Waals surface area contributed by atoms with E-state index in [1.54, 1.807) is 6.07 Å². The SMILES string of the molecule is COC(=O)c1ccc(CCCNC[C@@H](O)c2ccccc2)s1. The summed E-state index contributed by atoms with van der Waals surface area (Å²) in [5, 5.41) is 13.3. The molecule has 2 N–H and O–H groups in total. The fourth-order valence-electron chi connectivity index (χ4n) is 2.14. The lowest BCUT2D eigenvalue weighted by molar-refractivity contribution is 0.0606. The maximum Gasteiger partial charge on any atom is 0.348 e. The van der Waals surface area contributed by atoms with Crippen LogP contribution in [0.2, 0.25) is 0 Å². The van der Waals surface area contributed by atoms with Gasteiger partial charge >= 0.3 is 5.97 Å².